The number of benzene rings is 9. The molecular formula is C56H33N3O2. The Bertz CT molecular complexity index is 3860. The first-order valence-electron chi connectivity index (χ1n) is 20.6. The molecule has 284 valence electrons. The summed E-state index contributed by atoms with van der Waals surface area (Å²) in [6.45, 7) is 0. The maximum absolute atomic E-state index is 6.93. The van der Waals surface area contributed by atoms with Crippen LogP contribution < -0.4 is 0 Å². The van der Waals surface area contributed by atoms with E-state index in [-0.39, 0.29) is 0 Å². The predicted octanol–water partition coefficient (Wildman–Crippen LogP) is 15.2. The Kier molecular flexibility index (Phi) is 7.24. The lowest BCUT2D eigenvalue weighted by molar-refractivity contribution is 0.666. The average Bonchev–Trinajstić information content (AvgIpc) is 4.00. The summed E-state index contributed by atoms with van der Waals surface area (Å²) < 4.78 is 16.0. The minimum atomic E-state index is 0.565. The van der Waals surface area contributed by atoms with Crippen molar-refractivity contribution in [1.82, 2.24) is 14.5 Å². The number of nitrogens with zero attached hydrogens (tertiary/aromatic N) is 3. The maximum Gasteiger partial charge on any atom is 0.180 e. The minimum absolute atomic E-state index is 0.565. The van der Waals surface area contributed by atoms with E-state index in [4.69, 9.17) is 18.8 Å². The Balaban J connectivity index is 1.10. The number of para-hydroxylation sites is 1. The molecule has 0 N–H and O–H groups in total. The average molecular weight is 780 g/mol. The van der Waals surface area contributed by atoms with Crippen LogP contribution in [0.2, 0.25) is 0 Å². The zero-order chi connectivity index (χ0) is 40.0. The topological polar surface area (TPSA) is 57.0 Å². The number of hydrogen-bond acceptors (Lipinski definition) is 4. The van der Waals surface area contributed by atoms with Crippen LogP contribution in [0.25, 0.3) is 127 Å². The Morgan fingerprint density at radius 2 is 0.967 bits per heavy atom. The van der Waals surface area contributed by atoms with Gasteiger partial charge in [-0.3, -0.25) is 0 Å². The lowest BCUT2D eigenvalue weighted by Crippen LogP contribution is -1.98. The molecule has 13 aromatic rings. The van der Waals surface area contributed by atoms with E-state index in [1.165, 1.54) is 32.7 Å². The van der Waals surface area contributed by atoms with E-state index in [9.17, 15) is 0 Å². The van der Waals surface area contributed by atoms with Gasteiger partial charge in [0.1, 0.15) is 28.0 Å². The Hall–Kier alpha value is -8.28. The largest absolute Gasteiger partial charge is 0.455 e. The van der Waals surface area contributed by atoms with Gasteiger partial charge in [-0.25, -0.2) is 9.97 Å². The quantitative estimate of drug-likeness (QED) is 0.175. The molecule has 0 unspecified atom stereocenters. The third-order valence-corrected chi connectivity index (χ3v) is 12.2. The third kappa shape index (κ3) is 5.21. The van der Waals surface area contributed by atoms with Gasteiger partial charge in [0.2, 0.25) is 0 Å². The van der Waals surface area contributed by atoms with Crippen LogP contribution in [0.4, 0.5) is 0 Å². The second kappa shape index (κ2) is 13.1. The number of furan rings is 2. The van der Waals surface area contributed by atoms with Gasteiger partial charge in [-0.1, -0.05) is 146 Å². The molecule has 0 amide bonds. The van der Waals surface area contributed by atoms with E-state index < -0.39 is 0 Å². The lowest BCUT2D eigenvalue weighted by atomic mass is 10.0. The molecule has 0 saturated heterocycles. The summed E-state index contributed by atoms with van der Waals surface area (Å²) in [6.07, 6.45) is 0. The minimum Gasteiger partial charge on any atom is -0.455 e. The summed E-state index contributed by atoms with van der Waals surface area (Å²) in [5, 5.41) is 7.73. The first kappa shape index (κ1) is 33.7. The Morgan fingerprint density at radius 3 is 1.72 bits per heavy atom. The van der Waals surface area contributed by atoms with Crippen molar-refractivity contribution in [2.45, 2.75) is 0 Å². The highest BCUT2D eigenvalue weighted by Crippen LogP contribution is 2.45. The SMILES string of the molecule is c1ccc(-c2ccc3oc4c(-c5ccccc5)nc(-c5ccc(-n6c7ccc(-c8ccccc8)cc7c7cc8ccccc8cc76)c6c5oc5ccccc56)nc4c3c2)cc1. The Morgan fingerprint density at radius 1 is 0.377 bits per heavy atom. The van der Waals surface area contributed by atoms with Gasteiger partial charge in [0.25, 0.3) is 0 Å². The van der Waals surface area contributed by atoms with Gasteiger partial charge < -0.3 is 13.4 Å². The molecule has 5 heteroatoms. The van der Waals surface area contributed by atoms with E-state index in [1.54, 1.807) is 0 Å². The fourth-order valence-electron chi connectivity index (χ4n) is 9.31. The summed E-state index contributed by atoms with van der Waals surface area (Å²) in [6, 6.07) is 70.3. The van der Waals surface area contributed by atoms with Crippen LogP contribution in [0.3, 0.4) is 0 Å². The molecule has 0 bridgehead atoms. The number of hydrogen-bond donors (Lipinski definition) is 0. The lowest BCUT2D eigenvalue weighted by Gasteiger charge is -2.13. The maximum atomic E-state index is 6.93. The fourth-order valence-corrected chi connectivity index (χ4v) is 9.31. The summed E-state index contributed by atoms with van der Waals surface area (Å²) in [4.78, 5) is 10.7. The van der Waals surface area contributed by atoms with Crippen LogP contribution in [0.5, 0.6) is 0 Å². The third-order valence-electron chi connectivity index (χ3n) is 12.2. The summed E-state index contributed by atoms with van der Waals surface area (Å²) in [5.41, 5.74) is 14.0. The van der Waals surface area contributed by atoms with Gasteiger partial charge in [-0.15, -0.1) is 0 Å². The molecule has 0 spiro atoms. The van der Waals surface area contributed by atoms with Crippen molar-refractivity contribution in [3.8, 4) is 50.6 Å². The van der Waals surface area contributed by atoms with Crippen molar-refractivity contribution in [2.75, 3.05) is 0 Å². The predicted molar refractivity (Wildman–Crippen MR) is 250 cm³/mol. The molecule has 0 saturated carbocycles. The molecule has 0 aliphatic heterocycles. The molecule has 61 heavy (non-hydrogen) atoms. The zero-order valence-electron chi connectivity index (χ0n) is 32.7. The van der Waals surface area contributed by atoms with E-state index in [2.05, 4.69) is 162 Å². The van der Waals surface area contributed by atoms with E-state index in [1.807, 2.05) is 42.5 Å². The van der Waals surface area contributed by atoms with Crippen molar-refractivity contribution < 1.29 is 8.83 Å². The van der Waals surface area contributed by atoms with Crippen molar-refractivity contribution >= 4 is 76.6 Å². The van der Waals surface area contributed by atoms with Crippen LogP contribution in [0.15, 0.2) is 209 Å². The molecule has 0 fully saturated rings. The molecule has 4 aromatic heterocycles. The number of rotatable bonds is 5. The molecule has 0 atom stereocenters. The normalized spacial score (nSPS) is 11.9. The van der Waals surface area contributed by atoms with E-state index >= 15 is 0 Å². The monoisotopic (exact) mass is 779 g/mol. The first-order valence-corrected chi connectivity index (χ1v) is 20.6. The van der Waals surface area contributed by atoms with Crippen LogP contribution in [0, 0.1) is 0 Å². The second-order valence-corrected chi connectivity index (χ2v) is 15.7. The molecule has 4 heterocycles. The number of aromatic nitrogens is 3. The summed E-state index contributed by atoms with van der Waals surface area (Å²) >= 11 is 0. The van der Waals surface area contributed by atoms with Crippen LogP contribution in [-0.2, 0) is 0 Å². The Labute approximate surface area is 349 Å². The van der Waals surface area contributed by atoms with Crippen molar-refractivity contribution in [3.63, 3.8) is 0 Å². The molecule has 0 aliphatic rings. The van der Waals surface area contributed by atoms with Crippen LogP contribution in [-0.4, -0.2) is 14.5 Å². The molecule has 0 aliphatic carbocycles. The smallest absolute Gasteiger partial charge is 0.180 e. The highest BCUT2D eigenvalue weighted by atomic mass is 16.3. The molecular weight excluding hydrogens is 747 g/mol. The van der Waals surface area contributed by atoms with Gasteiger partial charge in [0.05, 0.1) is 27.7 Å². The van der Waals surface area contributed by atoms with Crippen molar-refractivity contribution in [2.24, 2.45) is 0 Å². The fraction of sp³-hybridized carbons (Fsp3) is 0. The zero-order valence-corrected chi connectivity index (χ0v) is 32.7. The van der Waals surface area contributed by atoms with E-state index in [0.29, 0.717) is 11.4 Å². The number of fused-ring (bicyclic) bond motifs is 10. The standard InChI is InChI=1S/C56H33N3O2/c1-4-14-34(15-5-1)39-24-27-46-43(31-39)44-30-37-20-10-11-21-38(37)33-48(44)59(46)47-28-26-42(54-51(47)41-22-12-13-23-49(41)60-54)56-57-52(36-18-8-3-9-19-36)55-53(58-56)45-32-40(25-29-50(45)61-55)35-16-6-2-7-17-35/h1-33H. The molecule has 9 aromatic carbocycles. The molecule has 0 radical (unpaired) electrons. The van der Waals surface area contributed by atoms with E-state index in [0.717, 1.165) is 83.1 Å². The summed E-state index contributed by atoms with van der Waals surface area (Å²) in [5.74, 6) is 0.565. The highest BCUT2D eigenvalue weighted by Gasteiger charge is 2.25. The second-order valence-electron chi connectivity index (χ2n) is 15.7. The van der Waals surface area contributed by atoms with Gasteiger partial charge >= 0.3 is 0 Å². The first-order chi connectivity index (χ1) is 30.2. The van der Waals surface area contributed by atoms with Gasteiger partial charge in [-0.05, 0) is 87.6 Å². The van der Waals surface area contributed by atoms with Crippen LogP contribution in [0.1, 0.15) is 0 Å². The van der Waals surface area contributed by atoms with Gasteiger partial charge in [0.15, 0.2) is 11.4 Å². The van der Waals surface area contributed by atoms with Gasteiger partial charge in [0, 0.05) is 27.1 Å². The van der Waals surface area contributed by atoms with Gasteiger partial charge in [-0.2, -0.15) is 0 Å². The molecule has 5 nitrogen and oxygen atoms in total. The molecule has 13 rings (SSSR count). The van der Waals surface area contributed by atoms with Crippen molar-refractivity contribution in [3.05, 3.63) is 200 Å². The van der Waals surface area contributed by atoms with Crippen LogP contribution >= 0.6 is 0 Å². The highest BCUT2D eigenvalue weighted by molar-refractivity contribution is 6.19. The summed E-state index contributed by atoms with van der Waals surface area (Å²) in [7, 11) is 0. The van der Waals surface area contributed by atoms with Crippen molar-refractivity contribution in [1.29, 1.82) is 0 Å².